The predicted molar refractivity (Wildman–Crippen MR) is 71.6 cm³/mol. The van der Waals surface area contributed by atoms with E-state index in [-0.39, 0.29) is 5.97 Å². The Morgan fingerprint density at radius 2 is 2.00 bits per heavy atom. The molecule has 1 aromatic rings. The zero-order valence-electron chi connectivity index (χ0n) is 11.2. The third-order valence-electron chi connectivity index (χ3n) is 3.78. The lowest BCUT2D eigenvalue weighted by Gasteiger charge is -2.36. The zero-order chi connectivity index (χ0) is 13.0. The Hall–Kier alpha value is -1.35. The van der Waals surface area contributed by atoms with Crippen molar-refractivity contribution in [2.24, 2.45) is 0 Å². The van der Waals surface area contributed by atoms with Crippen LogP contribution in [-0.2, 0) is 14.9 Å². The van der Waals surface area contributed by atoms with Crippen LogP contribution >= 0.6 is 0 Å². The van der Waals surface area contributed by atoms with Gasteiger partial charge in [-0.3, -0.25) is 4.79 Å². The minimum absolute atomic E-state index is 0.0687. The number of hydrogen-bond acceptors (Lipinski definition) is 3. The molecule has 3 nitrogen and oxygen atoms in total. The van der Waals surface area contributed by atoms with Gasteiger partial charge in [0.1, 0.15) is 0 Å². The van der Waals surface area contributed by atoms with E-state index in [9.17, 15) is 4.79 Å². The van der Waals surface area contributed by atoms with E-state index < -0.39 is 5.41 Å². The van der Waals surface area contributed by atoms with Gasteiger partial charge in [-0.2, -0.15) is 0 Å². The average Bonchev–Trinajstić information content (AvgIpc) is 2.40. The molecule has 0 aromatic heterocycles. The summed E-state index contributed by atoms with van der Waals surface area (Å²) in [6.45, 7) is 6.11. The number of carbonyl (C=O) groups excluding carboxylic acids is 1. The highest BCUT2D eigenvalue weighted by atomic mass is 16.5. The number of esters is 1. The number of nitrogens with one attached hydrogen (secondary N) is 1. The molecule has 1 saturated heterocycles. The Labute approximate surface area is 109 Å². The third kappa shape index (κ3) is 2.27. The van der Waals surface area contributed by atoms with Crippen LogP contribution in [-0.4, -0.2) is 25.7 Å². The van der Waals surface area contributed by atoms with Gasteiger partial charge >= 0.3 is 5.97 Å². The Bertz CT molecular complexity index is 422. The normalized spacial score (nSPS) is 18.3. The van der Waals surface area contributed by atoms with Crippen molar-refractivity contribution in [1.82, 2.24) is 5.32 Å². The first-order valence-electron chi connectivity index (χ1n) is 6.65. The molecule has 1 heterocycles. The maximum Gasteiger partial charge on any atom is 0.316 e. The van der Waals surface area contributed by atoms with E-state index in [4.69, 9.17) is 4.74 Å². The second kappa shape index (κ2) is 5.53. The average molecular weight is 247 g/mol. The Kier molecular flexibility index (Phi) is 4.02. The summed E-state index contributed by atoms with van der Waals surface area (Å²) < 4.78 is 5.33. The van der Waals surface area contributed by atoms with Gasteiger partial charge in [0.25, 0.3) is 0 Å². The monoisotopic (exact) mass is 247 g/mol. The highest BCUT2D eigenvalue weighted by molar-refractivity contribution is 5.84. The van der Waals surface area contributed by atoms with Crippen LogP contribution in [0.15, 0.2) is 24.3 Å². The molecule has 0 radical (unpaired) electrons. The van der Waals surface area contributed by atoms with Crippen molar-refractivity contribution in [2.75, 3.05) is 19.7 Å². The molecule has 1 aromatic carbocycles. The number of rotatable bonds is 3. The second-order valence-electron chi connectivity index (χ2n) is 4.87. The van der Waals surface area contributed by atoms with Crippen molar-refractivity contribution in [3.8, 4) is 0 Å². The standard InChI is InChI=1S/C15H21NO2/c1-3-18-14(17)15(8-10-16-11-9-15)13-7-5-4-6-12(13)2/h4-7,16H,3,8-11H2,1-2H3. The van der Waals surface area contributed by atoms with Gasteiger partial charge in [-0.25, -0.2) is 0 Å². The van der Waals surface area contributed by atoms with Crippen LogP contribution in [0.3, 0.4) is 0 Å². The third-order valence-corrected chi connectivity index (χ3v) is 3.78. The van der Waals surface area contributed by atoms with Crippen LogP contribution < -0.4 is 5.32 Å². The van der Waals surface area contributed by atoms with Crippen molar-refractivity contribution < 1.29 is 9.53 Å². The molecule has 1 fully saturated rings. The molecule has 1 aliphatic rings. The number of benzene rings is 1. The molecule has 1 aliphatic heterocycles. The molecule has 0 amide bonds. The largest absolute Gasteiger partial charge is 0.465 e. The fourth-order valence-corrected chi connectivity index (χ4v) is 2.82. The van der Waals surface area contributed by atoms with Gasteiger partial charge in [-0.05, 0) is 50.9 Å². The lowest BCUT2D eigenvalue weighted by Crippen LogP contribution is -2.46. The molecule has 3 heteroatoms. The van der Waals surface area contributed by atoms with Gasteiger partial charge in [-0.1, -0.05) is 24.3 Å². The van der Waals surface area contributed by atoms with E-state index in [2.05, 4.69) is 24.4 Å². The van der Waals surface area contributed by atoms with Gasteiger partial charge in [0.2, 0.25) is 0 Å². The first kappa shape index (κ1) is 13.1. The van der Waals surface area contributed by atoms with Crippen LogP contribution in [0.4, 0.5) is 0 Å². The predicted octanol–water partition coefficient (Wildman–Crippen LogP) is 2.18. The number of piperidine rings is 1. The van der Waals surface area contributed by atoms with Gasteiger partial charge < -0.3 is 10.1 Å². The molecular weight excluding hydrogens is 226 g/mol. The van der Waals surface area contributed by atoms with E-state index in [1.165, 1.54) is 5.56 Å². The molecule has 0 spiro atoms. The minimum atomic E-state index is -0.452. The fraction of sp³-hybridized carbons (Fsp3) is 0.533. The van der Waals surface area contributed by atoms with Crippen LogP contribution in [0.2, 0.25) is 0 Å². The van der Waals surface area contributed by atoms with Crippen molar-refractivity contribution in [3.63, 3.8) is 0 Å². The highest BCUT2D eigenvalue weighted by Crippen LogP contribution is 2.36. The Balaban J connectivity index is 2.41. The Morgan fingerprint density at radius 3 is 2.61 bits per heavy atom. The van der Waals surface area contributed by atoms with E-state index in [0.29, 0.717) is 6.61 Å². The fourth-order valence-electron chi connectivity index (χ4n) is 2.82. The number of carbonyl (C=O) groups is 1. The number of ether oxygens (including phenoxy) is 1. The molecule has 1 N–H and O–H groups in total. The van der Waals surface area contributed by atoms with Gasteiger partial charge in [-0.15, -0.1) is 0 Å². The molecule has 0 bridgehead atoms. The van der Waals surface area contributed by atoms with E-state index in [0.717, 1.165) is 31.5 Å². The topological polar surface area (TPSA) is 38.3 Å². The minimum Gasteiger partial charge on any atom is -0.465 e. The zero-order valence-corrected chi connectivity index (χ0v) is 11.2. The summed E-state index contributed by atoms with van der Waals surface area (Å²) in [5.74, 6) is -0.0687. The molecule has 98 valence electrons. The SMILES string of the molecule is CCOC(=O)C1(c2ccccc2C)CCNCC1. The lowest BCUT2D eigenvalue weighted by atomic mass is 9.71. The van der Waals surface area contributed by atoms with Crippen molar-refractivity contribution in [3.05, 3.63) is 35.4 Å². The summed E-state index contributed by atoms with van der Waals surface area (Å²) in [6, 6.07) is 8.15. The lowest BCUT2D eigenvalue weighted by molar-refractivity contribution is -0.151. The summed E-state index contributed by atoms with van der Waals surface area (Å²) in [6.07, 6.45) is 1.63. The molecule has 0 unspecified atom stereocenters. The van der Waals surface area contributed by atoms with Crippen molar-refractivity contribution in [1.29, 1.82) is 0 Å². The summed E-state index contributed by atoms with van der Waals surface area (Å²) in [5.41, 5.74) is 1.85. The summed E-state index contributed by atoms with van der Waals surface area (Å²) in [4.78, 5) is 12.4. The summed E-state index contributed by atoms with van der Waals surface area (Å²) in [5, 5.41) is 3.32. The van der Waals surface area contributed by atoms with Crippen LogP contribution in [0.25, 0.3) is 0 Å². The second-order valence-corrected chi connectivity index (χ2v) is 4.87. The number of aryl methyl sites for hydroxylation is 1. The van der Waals surface area contributed by atoms with Crippen LogP contribution in [0, 0.1) is 6.92 Å². The number of hydrogen-bond donors (Lipinski definition) is 1. The molecule has 0 saturated carbocycles. The van der Waals surface area contributed by atoms with E-state index >= 15 is 0 Å². The van der Waals surface area contributed by atoms with Crippen molar-refractivity contribution >= 4 is 5.97 Å². The highest BCUT2D eigenvalue weighted by Gasteiger charge is 2.43. The van der Waals surface area contributed by atoms with Crippen molar-refractivity contribution in [2.45, 2.75) is 32.1 Å². The van der Waals surface area contributed by atoms with E-state index in [1.54, 1.807) is 0 Å². The maximum atomic E-state index is 12.4. The smallest absolute Gasteiger partial charge is 0.316 e. The molecule has 0 atom stereocenters. The quantitative estimate of drug-likeness (QED) is 0.832. The Morgan fingerprint density at radius 1 is 1.33 bits per heavy atom. The van der Waals surface area contributed by atoms with Gasteiger partial charge in [0.05, 0.1) is 12.0 Å². The summed E-state index contributed by atoms with van der Waals surface area (Å²) in [7, 11) is 0. The maximum absolute atomic E-state index is 12.4. The molecule has 0 aliphatic carbocycles. The molecule has 18 heavy (non-hydrogen) atoms. The first-order chi connectivity index (χ1) is 8.70. The van der Waals surface area contributed by atoms with Gasteiger partial charge in [0, 0.05) is 0 Å². The first-order valence-corrected chi connectivity index (χ1v) is 6.65. The summed E-state index contributed by atoms with van der Waals surface area (Å²) >= 11 is 0. The van der Waals surface area contributed by atoms with Crippen LogP contribution in [0.1, 0.15) is 30.9 Å². The van der Waals surface area contributed by atoms with Gasteiger partial charge in [0.15, 0.2) is 0 Å². The van der Waals surface area contributed by atoms with Crippen LogP contribution in [0.5, 0.6) is 0 Å². The van der Waals surface area contributed by atoms with E-state index in [1.807, 2.05) is 19.1 Å². The molecular formula is C15H21NO2. The molecule has 2 rings (SSSR count).